The molecule has 39 heavy (non-hydrogen) atoms. The molecule has 212 valence electrons. The first-order chi connectivity index (χ1) is 18.1. The lowest BCUT2D eigenvalue weighted by Crippen LogP contribution is -2.41. The molecule has 1 amide bonds. The molecule has 2 heterocycles. The highest BCUT2D eigenvalue weighted by Gasteiger charge is 2.42. The van der Waals surface area contributed by atoms with Gasteiger partial charge in [0.05, 0.1) is 38.4 Å². The normalized spacial score (nSPS) is 17.4. The molecule has 0 saturated carbocycles. The summed E-state index contributed by atoms with van der Waals surface area (Å²) < 4.78 is 80.0. The number of rotatable bonds is 6. The maximum absolute atomic E-state index is 13.3. The van der Waals surface area contributed by atoms with Crippen LogP contribution in [-0.4, -0.2) is 40.9 Å². The van der Waals surface area contributed by atoms with Crippen molar-refractivity contribution in [2.24, 2.45) is 18.9 Å². The van der Waals surface area contributed by atoms with Crippen molar-refractivity contribution in [1.29, 1.82) is 0 Å². The zero-order valence-electron chi connectivity index (χ0n) is 20.9. The summed E-state index contributed by atoms with van der Waals surface area (Å²) in [7, 11) is 1.71. The van der Waals surface area contributed by atoms with E-state index in [0.717, 1.165) is 6.92 Å². The van der Waals surface area contributed by atoms with Gasteiger partial charge in [0.1, 0.15) is 5.92 Å². The second-order valence-electron chi connectivity index (χ2n) is 9.53. The lowest BCUT2D eigenvalue weighted by molar-refractivity contribution is -0.179. The first kappa shape index (κ1) is 29.1. The number of fused-ring (bicyclic) bond motifs is 1. The Hall–Kier alpha value is -2.86. The van der Waals surface area contributed by atoms with Gasteiger partial charge >= 0.3 is 12.4 Å². The molecule has 1 aliphatic rings. The van der Waals surface area contributed by atoms with Crippen LogP contribution in [0, 0.1) is 11.8 Å². The number of halogens is 8. The number of amides is 1. The van der Waals surface area contributed by atoms with Gasteiger partial charge in [0.25, 0.3) is 0 Å². The molecule has 1 aliphatic heterocycles. The molecule has 2 aromatic carbocycles. The van der Waals surface area contributed by atoms with E-state index in [1.54, 1.807) is 40.8 Å². The first-order valence-electron chi connectivity index (χ1n) is 12.0. The van der Waals surface area contributed by atoms with Crippen LogP contribution in [0.3, 0.4) is 0 Å². The van der Waals surface area contributed by atoms with Crippen LogP contribution in [0.25, 0.3) is 11.0 Å². The third-order valence-electron chi connectivity index (χ3n) is 6.80. The minimum absolute atomic E-state index is 0.0739. The summed E-state index contributed by atoms with van der Waals surface area (Å²) in [5.41, 5.74) is 2.49. The molecule has 1 fully saturated rings. The molecule has 0 bridgehead atoms. The van der Waals surface area contributed by atoms with E-state index in [1.807, 2.05) is 0 Å². The second kappa shape index (κ2) is 11.0. The number of benzene rings is 2. The summed E-state index contributed by atoms with van der Waals surface area (Å²) in [6.07, 6.45) is -8.47. The highest BCUT2D eigenvalue weighted by Crippen LogP contribution is 2.39. The van der Waals surface area contributed by atoms with Gasteiger partial charge in [-0.15, -0.1) is 0 Å². The Morgan fingerprint density at radius 1 is 1.13 bits per heavy atom. The van der Waals surface area contributed by atoms with Crippen LogP contribution in [0.5, 0.6) is 0 Å². The van der Waals surface area contributed by atoms with Crippen LogP contribution in [0.2, 0.25) is 10.0 Å². The Labute approximate surface area is 230 Å². The van der Waals surface area contributed by atoms with Crippen molar-refractivity contribution in [2.75, 3.05) is 23.3 Å². The minimum Gasteiger partial charge on any atom is -0.370 e. The fourth-order valence-electron chi connectivity index (χ4n) is 4.41. The van der Waals surface area contributed by atoms with Crippen LogP contribution >= 0.6 is 23.2 Å². The molecule has 2 atom stereocenters. The molecule has 14 heteroatoms. The van der Waals surface area contributed by atoms with Crippen molar-refractivity contribution in [3.63, 3.8) is 0 Å². The predicted molar refractivity (Wildman–Crippen MR) is 139 cm³/mol. The number of aryl methyl sites for hydroxylation is 1. The average molecular weight is 596 g/mol. The van der Waals surface area contributed by atoms with Crippen molar-refractivity contribution in [1.82, 2.24) is 14.9 Å². The van der Waals surface area contributed by atoms with Gasteiger partial charge in [0.15, 0.2) is 0 Å². The monoisotopic (exact) mass is 595 g/mol. The molecule has 2 unspecified atom stereocenters. The van der Waals surface area contributed by atoms with Gasteiger partial charge in [-0.3, -0.25) is 4.79 Å². The maximum Gasteiger partial charge on any atom is 0.400 e. The number of hydrogen-bond acceptors (Lipinski definition) is 4. The summed E-state index contributed by atoms with van der Waals surface area (Å²) in [6, 6.07) is 7.96. The van der Waals surface area contributed by atoms with Gasteiger partial charge in [-0.1, -0.05) is 29.3 Å². The van der Waals surface area contributed by atoms with Gasteiger partial charge in [0.2, 0.25) is 11.9 Å². The lowest BCUT2D eigenvalue weighted by Gasteiger charge is -2.35. The van der Waals surface area contributed by atoms with E-state index < -0.39 is 30.1 Å². The van der Waals surface area contributed by atoms with E-state index in [2.05, 4.69) is 15.6 Å². The van der Waals surface area contributed by atoms with Crippen molar-refractivity contribution in [3.8, 4) is 0 Å². The number of alkyl halides is 6. The minimum atomic E-state index is -4.65. The molecule has 2 N–H and O–H groups in total. The predicted octanol–water partition coefficient (Wildman–Crippen LogP) is 7.22. The number of hydrogen-bond donors (Lipinski definition) is 2. The number of imidazole rings is 1. The van der Waals surface area contributed by atoms with Crippen molar-refractivity contribution in [3.05, 3.63) is 45.9 Å². The molecule has 0 spiro atoms. The fraction of sp³-hybridized carbons (Fsp3) is 0.440. The number of carbonyl (C=O) groups excluding carboxylic acids is 1. The van der Waals surface area contributed by atoms with Gasteiger partial charge in [-0.2, -0.15) is 26.3 Å². The van der Waals surface area contributed by atoms with E-state index >= 15 is 0 Å². The van der Waals surface area contributed by atoms with Gasteiger partial charge in [-0.25, -0.2) is 4.98 Å². The Morgan fingerprint density at radius 2 is 1.85 bits per heavy atom. The summed E-state index contributed by atoms with van der Waals surface area (Å²) in [5, 5.41) is 5.91. The third-order valence-corrected chi connectivity index (χ3v) is 7.43. The fourth-order valence-corrected chi connectivity index (χ4v) is 4.85. The van der Waals surface area contributed by atoms with Crippen molar-refractivity contribution < 1.29 is 31.1 Å². The number of nitrogens with one attached hydrogen (secondary N) is 2. The Bertz CT molecular complexity index is 1370. The smallest absolute Gasteiger partial charge is 0.370 e. The topological polar surface area (TPSA) is 62.2 Å². The second-order valence-corrected chi connectivity index (χ2v) is 10.3. The maximum atomic E-state index is 13.3. The highest BCUT2D eigenvalue weighted by atomic mass is 35.5. The Kier molecular flexibility index (Phi) is 8.18. The van der Waals surface area contributed by atoms with Crippen LogP contribution in [0.15, 0.2) is 30.3 Å². The molecule has 0 radical (unpaired) electrons. The van der Waals surface area contributed by atoms with E-state index in [0.29, 0.717) is 51.9 Å². The number of carbonyl (C=O) groups is 1. The Morgan fingerprint density at radius 3 is 2.51 bits per heavy atom. The summed E-state index contributed by atoms with van der Waals surface area (Å²) in [4.78, 5) is 18.0. The van der Waals surface area contributed by atoms with Gasteiger partial charge in [0, 0.05) is 26.7 Å². The molecule has 1 aromatic heterocycles. The molecular formula is C25H25Cl2F6N5O. The lowest BCUT2D eigenvalue weighted by atomic mass is 9.97. The van der Waals surface area contributed by atoms with Gasteiger partial charge < -0.3 is 20.1 Å². The molecule has 0 aliphatic carbocycles. The van der Waals surface area contributed by atoms with E-state index in [4.69, 9.17) is 23.2 Å². The molecule has 4 rings (SSSR count). The zero-order chi connectivity index (χ0) is 28.7. The number of aromatic nitrogens is 2. The van der Waals surface area contributed by atoms with Crippen LogP contribution < -0.4 is 15.5 Å². The number of nitrogens with zero attached hydrogens (tertiary/aromatic N) is 3. The first-order valence-corrected chi connectivity index (χ1v) is 12.8. The van der Waals surface area contributed by atoms with E-state index in [-0.39, 0.29) is 24.5 Å². The quantitative estimate of drug-likeness (QED) is 0.295. The molecular weight excluding hydrogens is 571 g/mol. The number of piperidine rings is 1. The zero-order valence-corrected chi connectivity index (χ0v) is 22.4. The molecule has 6 nitrogen and oxygen atoms in total. The standard InChI is InChI=1S/C25H25Cl2F6N5O/c1-13(24(28,29)30)22(39)34-11-14-5-6-16(26)18(8-14)35-23-36-19-9-17(27)20(10-21(19)37(23)2)38-7-3-4-15(12-38)25(31,32)33/h5-6,8-10,13,15H,3-4,7,11-12H2,1-2H3,(H,34,39)(H,35,36). The highest BCUT2D eigenvalue weighted by molar-refractivity contribution is 6.34. The summed E-state index contributed by atoms with van der Waals surface area (Å²) in [5.74, 6) is -4.38. The summed E-state index contributed by atoms with van der Waals surface area (Å²) in [6.45, 7) is 0.898. The van der Waals surface area contributed by atoms with Crippen molar-refractivity contribution >= 4 is 57.5 Å². The van der Waals surface area contributed by atoms with E-state index in [9.17, 15) is 31.1 Å². The third kappa shape index (κ3) is 6.49. The van der Waals surface area contributed by atoms with Crippen LogP contribution in [0.1, 0.15) is 25.3 Å². The molecule has 1 saturated heterocycles. The SMILES string of the molecule is CC(C(=O)NCc1ccc(Cl)c(Nc2nc3cc(Cl)c(N4CCCC(C(F)(F)F)C4)cc3n2C)c1)C(F)(F)F. The van der Waals surface area contributed by atoms with Crippen LogP contribution in [0.4, 0.5) is 43.7 Å². The number of anilines is 3. The Balaban J connectivity index is 1.55. The van der Waals surface area contributed by atoms with Crippen LogP contribution in [-0.2, 0) is 18.4 Å². The van der Waals surface area contributed by atoms with Gasteiger partial charge in [-0.05, 0) is 49.6 Å². The molecule has 3 aromatic rings. The average Bonchev–Trinajstić information content (AvgIpc) is 3.16. The van der Waals surface area contributed by atoms with Crippen molar-refractivity contribution in [2.45, 2.75) is 38.7 Å². The van der Waals surface area contributed by atoms with E-state index in [1.165, 1.54) is 6.07 Å². The summed E-state index contributed by atoms with van der Waals surface area (Å²) >= 11 is 12.8. The largest absolute Gasteiger partial charge is 0.400 e.